The largest absolute Gasteiger partial charge is 0.442 e. The molecule has 1 aromatic carbocycles. The van der Waals surface area contributed by atoms with Crippen LogP contribution in [0.4, 0.5) is 29.7 Å². The van der Waals surface area contributed by atoms with Gasteiger partial charge in [0.2, 0.25) is 5.91 Å². The molecule has 0 bridgehead atoms. The van der Waals surface area contributed by atoms with Gasteiger partial charge in [-0.15, -0.1) is 0 Å². The minimum absolute atomic E-state index is 0.0423. The molecule has 2 N–H and O–H groups in total. The van der Waals surface area contributed by atoms with E-state index in [2.05, 4.69) is 10.6 Å². The van der Waals surface area contributed by atoms with E-state index in [1.165, 1.54) is 16.7 Å². The highest BCUT2D eigenvalue weighted by molar-refractivity contribution is 5.90. The first kappa shape index (κ1) is 21.6. The van der Waals surface area contributed by atoms with Crippen LogP contribution >= 0.6 is 0 Å². The van der Waals surface area contributed by atoms with Gasteiger partial charge in [-0.25, -0.2) is 18.4 Å². The maximum absolute atomic E-state index is 14.8. The Kier molecular flexibility index (Phi) is 6.28. The zero-order valence-electron chi connectivity index (χ0n) is 17.1. The lowest BCUT2D eigenvalue weighted by Crippen LogP contribution is -2.42. The summed E-state index contributed by atoms with van der Waals surface area (Å²) in [6.45, 7) is 2.19. The van der Waals surface area contributed by atoms with Crippen LogP contribution in [0.25, 0.3) is 0 Å². The average Bonchev–Trinajstić information content (AvgIpc) is 3.25. The van der Waals surface area contributed by atoms with E-state index in [9.17, 15) is 23.2 Å². The molecule has 2 saturated heterocycles. The second-order valence-electron chi connectivity index (χ2n) is 7.59. The van der Waals surface area contributed by atoms with Crippen LogP contribution < -0.4 is 20.4 Å². The summed E-state index contributed by atoms with van der Waals surface area (Å²) in [6, 6.07) is 1.69. The molecule has 4 amide bonds. The van der Waals surface area contributed by atoms with Crippen molar-refractivity contribution < 1.29 is 27.9 Å². The molecule has 0 radical (unpaired) electrons. The van der Waals surface area contributed by atoms with Crippen LogP contribution in [0.5, 0.6) is 0 Å². The molecule has 0 saturated carbocycles. The van der Waals surface area contributed by atoms with Crippen LogP contribution in [0, 0.1) is 11.6 Å². The third-order valence-electron chi connectivity index (χ3n) is 5.00. The highest BCUT2D eigenvalue weighted by atomic mass is 19.1. The van der Waals surface area contributed by atoms with Crippen molar-refractivity contribution >= 4 is 29.4 Å². The van der Waals surface area contributed by atoms with Gasteiger partial charge < -0.3 is 25.2 Å². The Morgan fingerprint density at radius 2 is 1.90 bits per heavy atom. The number of amides is 4. The first-order chi connectivity index (χ1) is 14.2. The maximum atomic E-state index is 14.8. The number of halogens is 2. The molecule has 0 aliphatic carbocycles. The van der Waals surface area contributed by atoms with Crippen LogP contribution in [0.2, 0.25) is 0 Å². The van der Waals surface area contributed by atoms with Crippen molar-refractivity contribution in [3.8, 4) is 0 Å². The number of urea groups is 1. The number of nitrogens with one attached hydrogen (secondary N) is 2. The second-order valence-corrected chi connectivity index (χ2v) is 7.59. The Hall–Kier alpha value is -3.11. The molecule has 2 aliphatic rings. The summed E-state index contributed by atoms with van der Waals surface area (Å²) < 4.78 is 34.7. The summed E-state index contributed by atoms with van der Waals surface area (Å²) in [6.07, 6.45) is -0.778. The van der Waals surface area contributed by atoms with Gasteiger partial charge in [0.25, 0.3) is 0 Å². The molecule has 2 aliphatic heterocycles. The molecule has 3 rings (SSSR count). The van der Waals surface area contributed by atoms with Gasteiger partial charge in [0.15, 0.2) is 11.6 Å². The van der Waals surface area contributed by atoms with Crippen LogP contribution in [-0.4, -0.2) is 75.4 Å². The van der Waals surface area contributed by atoms with Crippen molar-refractivity contribution in [2.75, 3.05) is 50.1 Å². The molecule has 0 aromatic heterocycles. The van der Waals surface area contributed by atoms with E-state index < -0.39 is 23.8 Å². The van der Waals surface area contributed by atoms with E-state index in [-0.39, 0.29) is 49.0 Å². The van der Waals surface area contributed by atoms with E-state index >= 15 is 0 Å². The summed E-state index contributed by atoms with van der Waals surface area (Å²) in [5.74, 6) is -1.87. The standard InChI is InChI=1S/C19H25F2N5O4/c1-11(27)22-8-14-10-26(19(29)30-14)13-6-15(20)17(16(21)7-13)25-5-4-12(9-25)23-18(28)24(2)3/h6-7,12,14H,4-5,8-10H2,1-3H3,(H,22,27)(H,23,28)/t12?,14-/m0/s1. The second kappa shape index (κ2) is 8.72. The third kappa shape index (κ3) is 4.71. The summed E-state index contributed by atoms with van der Waals surface area (Å²) in [7, 11) is 3.23. The van der Waals surface area contributed by atoms with Crippen molar-refractivity contribution in [2.45, 2.75) is 25.5 Å². The molecule has 2 fully saturated rings. The minimum Gasteiger partial charge on any atom is -0.442 e. The normalized spacial score (nSPS) is 20.9. The number of anilines is 2. The van der Waals surface area contributed by atoms with Crippen molar-refractivity contribution in [3.63, 3.8) is 0 Å². The quantitative estimate of drug-likeness (QED) is 0.741. The Labute approximate surface area is 172 Å². The van der Waals surface area contributed by atoms with Gasteiger partial charge in [-0.1, -0.05) is 0 Å². The Morgan fingerprint density at radius 3 is 2.50 bits per heavy atom. The van der Waals surface area contributed by atoms with Crippen LogP contribution in [0.3, 0.4) is 0 Å². The average molecular weight is 425 g/mol. The molecule has 30 heavy (non-hydrogen) atoms. The van der Waals surface area contributed by atoms with Crippen molar-refractivity contribution in [2.24, 2.45) is 0 Å². The zero-order valence-corrected chi connectivity index (χ0v) is 17.1. The number of ether oxygens (including phenoxy) is 1. The zero-order chi connectivity index (χ0) is 22.0. The number of rotatable bonds is 5. The van der Waals surface area contributed by atoms with E-state index in [4.69, 9.17) is 4.74 Å². The summed E-state index contributed by atoms with van der Waals surface area (Å²) >= 11 is 0. The predicted octanol–water partition coefficient (Wildman–Crippen LogP) is 1.28. The number of hydrogen-bond donors (Lipinski definition) is 2. The molecule has 2 atom stereocenters. The maximum Gasteiger partial charge on any atom is 0.414 e. The van der Waals surface area contributed by atoms with Crippen LogP contribution in [-0.2, 0) is 9.53 Å². The van der Waals surface area contributed by atoms with Gasteiger partial charge in [-0.2, -0.15) is 0 Å². The number of hydrogen-bond acceptors (Lipinski definition) is 5. The molecule has 11 heteroatoms. The highest BCUT2D eigenvalue weighted by Gasteiger charge is 2.34. The van der Waals surface area contributed by atoms with Gasteiger partial charge in [0, 0.05) is 52.3 Å². The van der Waals surface area contributed by atoms with Gasteiger partial charge in [-0.3, -0.25) is 9.69 Å². The SMILES string of the molecule is CC(=O)NC[C@H]1CN(c2cc(F)c(N3CCC(NC(=O)N(C)C)C3)c(F)c2)C(=O)O1. The number of carbonyl (C=O) groups excluding carboxylic acids is 3. The lowest BCUT2D eigenvalue weighted by atomic mass is 10.2. The van der Waals surface area contributed by atoms with Crippen molar-refractivity contribution in [3.05, 3.63) is 23.8 Å². The molecule has 9 nitrogen and oxygen atoms in total. The molecule has 164 valence electrons. The molecular weight excluding hydrogens is 400 g/mol. The highest BCUT2D eigenvalue weighted by Crippen LogP contribution is 2.32. The Balaban J connectivity index is 1.70. The predicted molar refractivity (Wildman–Crippen MR) is 105 cm³/mol. The minimum atomic E-state index is -0.803. The van der Waals surface area contributed by atoms with E-state index in [0.29, 0.717) is 13.0 Å². The van der Waals surface area contributed by atoms with Crippen molar-refractivity contribution in [1.29, 1.82) is 0 Å². The first-order valence-corrected chi connectivity index (χ1v) is 9.60. The fraction of sp³-hybridized carbons (Fsp3) is 0.526. The molecule has 1 unspecified atom stereocenters. The summed E-state index contributed by atoms with van der Waals surface area (Å²) in [5, 5.41) is 5.35. The fourth-order valence-corrected chi connectivity index (χ4v) is 3.49. The summed E-state index contributed by atoms with van der Waals surface area (Å²) in [5.41, 5.74) is -0.150. The number of carbonyl (C=O) groups is 3. The van der Waals surface area contributed by atoms with E-state index in [1.807, 2.05) is 0 Å². The van der Waals surface area contributed by atoms with E-state index in [1.54, 1.807) is 14.1 Å². The number of cyclic esters (lactones) is 1. The topological polar surface area (TPSA) is 94.2 Å². The lowest BCUT2D eigenvalue weighted by Gasteiger charge is -2.22. The number of benzene rings is 1. The third-order valence-corrected chi connectivity index (χ3v) is 5.00. The molecule has 0 spiro atoms. The fourth-order valence-electron chi connectivity index (χ4n) is 3.49. The molecular formula is C19H25F2N5O4. The Bertz CT molecular complexity index is 827. The van der Waals surface area contributed by atoms with Gasteiger partial charge in [-0.05, 0) is 6.42 Å². The molecule has 2 heterocycles. The number of nitrogens with zero attached hydrogens (tertiary/aromatic N) is 3. The molecule has 1 aromatic rings. The van der Waals surface area contributed by atoms with Gasteiger partial charge in [0.1, 0.15) is 11.8 Å². The van der Waals surface area contributed by atoms with Crippen molar-refractivity contribution in [1.82, 2.24) is 15.5 Å². The summed E-state index contributed by atoms with van der Waals surface area (Å²) in [4.78, 5) is 38.9. The van der Waals surface area contributed by atoms with E-state index in [0.717, 1.165) is 17.0 Å². The first-order valence-electron chi connectivity index (χ1n) is 9.60. The van der Waals surface area contributed by atoms with Crippen LogP contribution in [0.15, 0.2) is 12.1 Å². The van der Waals surface area contributed by atoms with Gasteiger partial charge >= 0.3 is 12.1 Å². The Morgan fingerprint density at radius 1 is 1.23 bits per heavy atom. The van der Waals surface area contributed by atoms with Gasteiger partial charge in [0.05, 0.1) is 18.8 Å². The smallest absolute Gasteiger partial charge is 0.414 e. The lowest BCUT2D eigenvalue weighted by molar-refractivity contribution is -0.119. The van der Waals surface area contributed by atoms with Crippen LogP contribution in [0.1, 0.15) is 13.3 Å². The monoisotopic (exact) mass is 425 g/mol.